The highest BCUT2D eigenvalue weighted by molar-refractivity contribution is 5.89. The number of H-pyrrole nitrogens is 1. The summed E-state index contributed by atoms with van der Waals surface area (Å²) >= 11 is 0. The molecule has 9 heteroatoms. The maximum atomic E-state index is 11.7. The Kier molecular flexibility index (Phi) is 6.15. The summed E-state index contributed by atoms with van der Waals surface area (Å²) in [6.45, 7) is 0.968. The molecule has 1 N–H and O–H groups in total. The van der Waals surface area contributed by atoms with Crippen molar-refractivity contribution in [2.24, 2.45) is 0 Å². The Morgan fingerprint density at radius 3 is 2.64 bits per heavy atom. The van der Waals surface area contributed by atoms with E-state index >= 15 is 0 Å². The van der Waals surface area contributed by atoms with Crippen molar-refractivity contribution in [3.05, 3.63) is 80.4 Å². The summed E-state index contributed by atoms with van der Waals surface area (Å²) in [4.78, 5) is 36.4. The van der Waals surface area contributed by atoms with Gasteiger partial charge in [0.15, 0.2) is 0 Å². The van der Waals surface area contributed by atoms with Crippen LogP contribution in [0.3, 0.4) is 0 Å². The summed E-state index contributed by atoms with van der Waals surface area (Å²) in [5.41, 5.74) is 1.45. The summed E-state index contributed by atoms with van der Waals surface area (Å²) in [6, 6.07) is 8.69. The van der Waals surface area contributed by atoms with Crippen molar-refractivity contribution < 1.29 is 9.53 Å². The second-order valence-electron chi connectivity index (χ2n) is 6.36. The van der Waals surface area contributed by atoms with Crippen molar-refractivity contribution >= 4 is 5.97 Å². The average molecular weight is 383 g/mol. The number of benzene rings is 1. The number of carbonyl (C=O) groups excluding carboxylic acids is 1. The predicted molar refractivity (Wildman–Crippen MR) is 101 cm³/mol. The van der Waals surface area contributed by atoms with Crippen molar-refractivity contribution in [3.63, 3.8) is 0 Å². The molecule has 0 fully saturated rings. The largest absolute Gasteiger partial charge is 0.465 e. The number of aromatic amines is 1. The van der Waals surface area contributed by atoms with E-state index in [1.54, 1.807) is 23.0 Å². The zero-order valence-corrected chi connectivity index (χ0v) is 15.5. The molecule has 0 spiro atoms. The Bertz CT molecular complexity index is 1050. The van der Waals surface area contributed by atoms with E-state index in [0.717, 1.165) is 24.8 Å². The molecule has 0 amide bonds. The average Bonchev–Trinajstić information content (AvgIpc) is 3.14. The summed E-state index contributed by atoms with van der Waals surface area (Å²) in [7, 11) is 1.37. The third-order valence-electron chi connectivity index (χ3n) is 4.29. The van der Waals surface area contributed by atoms with Gasteiger partial charge in [0.05, 0.1) is 25.4 Å². The van der Waals surface area contributed by atoms with Crippen LogP contribution in [-0.2, 0) is 24.2 Å². The van der Waals surface area contributed by atoms with Crippen LogP contribution in [0.5, 0.6) is 0 Å². The van der Waals surface area contributed by atoms with Crippen molar-refractivity contribution in [2.75, 3.05) is 7.11 Å². The molecule has 0 bridgehead atoms. The van der Waals surface area contributed by atoms with E-state index in [9.17, 15) is 14.4 Å². The smallest absolute Gasteiger partial charge is 0.337 e. The molecule has 9 nitrogen and oxygen atoms in total. The van der Waals surface area contributed by atoms with Gasteiger partial charge in [-0.15, -0.1) is 5.10 Å². The maximum absolute atomic E-state index is 11.7. The van der Waals surface area contributed by atoms with Gasteiger partial charge >= 0.3 is 11.7 Å². The monoisotopic (exact) mass is 383 g/mol. The third-order valence-corrected chi connectivity index (χ3v) is 4.29. The molecular formula is C19H21N5O4. The van der Waals surface area contributed by atoms with Gasteiger partial charge in [-0.1, -0.05) is 17.3 Å². The van der Waals surface area contributed by atoms with Crippen LogP contribution >= 0.6 is 0 Å². The normalized spacial score (nSPS) is 10.8. The van der Waals surface area contributed by atoms with E-state index in [0.29, 0.717) is 17.8 Å². The molecule has 0 aliphatic carbocycles. The standard InChI is InChI=1S/C19H21N5O4/c1-28-18(26)15-7-5-14(6-8-15)4-2-3-10-24-13-16(21-22-24)12-23-11-9-17(25)20-19(23)27/h5-9,11,13H,2-4,10,12H2,1H3,(H,20,25,27). The van der Waals surface area contributed by atoms with E-state index in [1.807, 2.05) is 12.1 Å². The van der Waals surface area contributed by atoms with Crippen LogP contribution in [0, 0.1) is 0 Å². The number of methoxy groups -OCH3 is 1. The Morgan fingerprint density at radius 1 is 1.14 bits per heavy atom. The lowest BCUT2D eigenvalue weighted by Crippen LogP contribution is -2.28. The first kappa shape index (κ1) is 19.3. The van der Waals surface area contributed by atoms with Crippen LogP contribution in [0.2, 0.25) is 0 Å². The van der Waals surface area contributed by atoms with E-state index in [2.05, 4.69) is 20.0 Å². The first-order valence-corrected chi connectivity index (χ1v) is 8.91. The number of unbranched alkanes of at least 4 members (excludes halogenated alkanes) is 1. The number of ether oxygens (including phenoxy) is 1. The van der Waals surface area contributed by atoms with Gasteiger partial charge in [-0.2, -0.15) is 0 Å². The molecule has 3 aromatic rings. The molecule has 3 rings (SSSR count). The maximum Gasteiger partial charge on any atom is 0.337 e. The van der Waals surface area contributed by atoms with Gasteiger partial charge in [-0.05, 0) is 37.0 Å². The SMILES string of the molecule is COC(=O)c1ccc(CCCCn2cc(Cn3ccc(=O)[nH]c3=O)nn2)cc1. The number of hydrogen-bond acceptors (Lipinski definition) is 6. The second-order valence-corrected chi connectivity index (χ2v) is 6.36. The van der Waals surface area contributed by atoms with E-state index in [4.69, 9.17) is 0 Å². The molecule has 0 aliphatic heterocycles. The Morgan fingerprint density at radius 2 is 1.93 bits per heavy atom. The second kappa shape index (κ2) is 8.94. The van der Waals surface area contributed by atoms with Crippen molar-refractivity contribution in [1.29, 1.82) is 0 Å². The highest BCUT2D eigenvalue weighted by Gasteiger charge is 2.05. The Labute approximate surface area is 160 Å². The Balaban J connectivity index is 1.46. The lowest BCUT2D eigenvalue weighted by molar-refractivity contribution is 0.0600. The van der Waals surface area contributed by atoms with Gasteiger partial charge in [0, 0.05) is 18.8 Å². The highest BCUT2D eigenvalue weighted by Crippen LogP contribution is 2.09. The fraction of sp³-hybridized carbons (Fsp3) is 0.316. The summed E-state index contributed by atoms with van der Waals surface area (Å²) < 4.78 is 7.80. The molecule has 0 saturated heterocycles. The zero-order chi connectivity index (χ0) is 19.9. The fourth-order valence-electron chi connectivity index (χ4n) is 2.79. The van der Waals surface area contributed by atoms with Crippen LogP contribution in [0.4, 0.5) is 0 Å². The summed E-state index contributed by atoms with van der Waals surface area (Å²) in [6.07, 6.45) is 6.01. The van der Waals surface area contributed by atoms with E-state index in [-0.39, 0.29) is 12.5 Å². The molecule has 28 heavy (non-hydrogen) atoms. The van der Waals surface area contributed by atoms with Crippen molar-refractivity contribution in [3.8, 4) is 0 Å². The van der Waals surface area contributed by atoms with Gasteiger partial charge in [-0.3, -0.25) is 19.0 Å². The molecule has 0 unspecified atom stereocenters. The molecule has 1 aromatic carbocycles. The van der Waals surface area contributed by atoms with Gasteiger partial charge in [0.25, 0.3) is 5.56 Å². The first-order valence-electron chi connectivity index (χ1n) is 8.91. The van der Waals surface area contributed by atoms with Crippen LogP contribution in [0.15, 0.2) is 52.3 Å². The number of hydrogen-bond donors (Lipinski definition) is 1. The predicted octanol–water partition coefficient (Wildman–Crippen LogP) is 0.986. The van der Waals surface area contributed by atoms with Crippen molar-refractivity contribution in [1.82, 2.24) is 24.5 Å². The topological polar surface area (TPSA) is 112 Å². The van der Waals surface area contributed by atoms with Crippen molar-refractivity contribution in [2.45, 2.75) is 32.4 Å². The summed E-state index contributed by atoms with van der Waals surface area (Å²) in [5, 5.41) is 8.14. The molecule has 2 heterocycles. The number of nitrogens with zero attached hydrogens (tertiary/aromatic N) is 4. The van der Waals surface area contributed by atoms with Crippen LogP contribution in [0.25, 0.3) is 0 Å². The van der Waals surface area contributed by atoms with Crippen LogP contribution in [0.1, 0.15) is 34.5 Å². The van der Waals surface area contributed by atoms with Gasteiger partial charge in [0.2, 0.25) is 0 Å². The molecule has 0 atom stereocenters. The van der Waals surface area contributed by atoms with Crippen LogP contribution < -0.4 is 11.2 Å². The van der Waals surface area contributed by atoms with Crippen LogP contribution in [-0.4, -0.2) is 37.6 Å². The first-order chi connectivity index (χ1) is 13.5. The number of aromatic nitrogens is 5. The Hall–Kier alpha value is -3.49. The molecule has 0 radical (unpaired) electrons. The minimum Gasteiger partial charge on any atom is -0.465 e. The lowest BCUT2D eigenvalue weighted by Gasteiger charge is -2.04. The third kappa shape index (κ3) is 5.03. The number of rotatable bonds is 8. The minimum atomic E-state index is -0.472. The fourth-order valence-corrected chi connectivity index (χ4v) is 2.79. The zero-order valence-electron chi connectivity index (χ0n) is 15.5. The number of esters is 1. The van der Waals surface area contributed by atoms with Gasteiger partial charge in [0.1, 0.15) is 5.69 Å². The molecular weight excluding hydrogens is 362 g/mol. The number of aryl methyl sites for hydroxylation is 2. The van der Waals surface area contributed by atoms with E-state index in [1.165, 1.54) is 23.9 Å². The van der Waals surface area contributed by atoms with Gasteiger partial charge < -0.3 is 4.74 Å². The molecule has 2 aromatic heterocycles. The number of carbonyl (C=O) groups is 1. The number of nitrogens with one attached hydrogen (secondary N) is 1. The quantitative estimate of drug-likeness (QED) is 0.458. The lowest BCUT2D eigenvalue weighted by atomic mass is 10.1. The summed E-state index contributed by atoms with van der Waals surface area (Å²) in [5.74, 6) is -0.335. The molecule has 0 aliphatic rings. The minimum absolute atomic E-state index is 0.252. The van der Waals surface area contributed by atoms with E-state index < -0.39 is 11.2 Å². The highest BCUT2D eigenvalue weighted by atomic mass is 16.5. The van der Waals surface area contributed by atoms with Gasteiger partial charge in [-0.25, -0.2) is 9.59 Å². The molecule has 0 saturated carbocycles. The molecule has 146 valence electrons.